The summed E-state index contributed by atoms with van der Waals surface area (Å²) in [5, 5.41) is 8.61. The van der Waals surface area contributed by atoms with Crippen molar-refractivity contribution in [2.24, 2.45) is 0 Å². The fourth-order valence-electron chi connectivity index (χ4n) is 3.20. The average molecular weight is 383 g/mol. The molecule has 2 amide bonds. The van der Waals surface area contributed by atoms with E-state index in [-0.39, 0.29) is 18.1 Å². The summed E-state index contributed by atoms with van der Waals surface area (Å²) < 4.78 is 13.0. The zero-order chi connectivity index (χ0) is 19.9. The van der Waals surface area contributed by atoms with Crippen LogP contribution in [-0.4, -0.2) is 48.1 Å². The maximum atomic E-state index is 13.0. The van der Waals surface area contributed by atoms with Crippen molar-refractivity contribution in [2.45, 2.75) is 6.42 Å². The van der Waals surface area contributed by atoms with Gasteiger partial charge in [0.2, 0.25) is 5.91 Å². The molecule has 2 aromatic carbocycles. The van der Waals surface area contributed by atoms with Crippen LogP contribution in [0.15, 0.2) is 54.6 Å². The molecule has 1 heterocycles. The number of halogens is 1. The van der Waals surface area contributed by atoms with Gasteiger partial charge in [0.1, 0.15) is 5.82 Å². The van der Waals surface area contributed by atoms with E-state index in [2.05, 4.69) is 4.90 Å². The van der Waals surface area contributed by atoms with E-state index in [1.165, 1.54) is 18.2 Å². The van der Waals surface area contributed by atoms with Crippen LogP contribution < -0.4 is 10.4 Å². The molecule has 1 fully saturated rings. The first-order valence-electron chi connectivity index (χ1n) is 9.05. The van der Waals surface area contributed by atoms with Gasteiger partial charge in [0.05, 0.1) is 6.42 Å². The molecule has 7 heteroatoms. The molecule has 0 saturated carbocycles. The van der Waals surface area contributed by atoms with E-state index in [9.17, 15) is 14.0 Å². The van der Waals surface area contributed by atoms with Crippen LogP contribution in [0.5, 0.6) is 0 Å². The van der Waals surface area contributed by atoms with Gasteiger partial charge in [0, 0.05) is 37.9 Å². The third kappa shape index (κ3) is 4.95. The van der Waals surface area contributed by atoms with Crippen molar-refractivity contribution >= 4 is 23.6 Å². The molecule has 2 aromatic rings. The zero-order valence-corrected chi connectivity index (χ0v) is 15.3. The number of hydroxylamine groups is 1. The van der Waals surface area contributed by atoms with E-state index in [0.717, 1.165) is 16.8 Å². The summed E-state index contributed by atoms with van der Waals surface area (Å²) >= 11 is 0. The standard InChI is InChI=1S/C21H22FN3O3/c22-18-8-5-16(6-9-18)15-21(27)25-13-11-24(12-14-25)19-4-2-1-3-17(19)7-10-20(26)23-28/h1-10,28H,11-15H2,(H,23,26)/b10-7+. The van der Waals surface area contributed by atoms with Crippen LogP contribution >= 0.6 is 0 Å². The van der Waals surface area contributed by atoms with Crippen LogP contribution in [0.4, 0.5) is 10.1 Å². The van der Waals surface area contributed by atoms with Crippen LogP contribution in [0.1, 0.15) is 11.1 Å². The molecule has 3 rings (SSSR count). The molecule has 0 aliphatic carbocycles. The minimum Gasteiger partial charge on any atom is -0.367 e. The smallest absolute Gasteiger partial charge is 0.267 e. The maximum absolute atomic E-state index is 13.0. The maximum Gasteiger partial charge on any atom is 0.267 e. The minimum atomic E-state index is -0.592. The Morgan fingerprint density at radius 1 is 1.04 bits per heavy atom. The highest BCUT2D eigenvalue weighted by molar-refractivity contribution is 5.92. The van der Waals surface area contributed by atoms with Gasteiger partial charge in [0.15, 0.2) is 0 Å². The van der Waals surface area contributed by atoms with E-state index in [0.29, 0.717) is 26.2 Å². The quantitative estimate of drug-likeness (QED) is 0.472. The summed E-state index contributed by atoms with van der Waals surface area (Å²) in [6.07, 6.45) is 3.17. The number of piperazine rings is 1. The molecule has 0 radical (unpaired) electrons. The van der Waals surface area contributed by atoms with E-state index in [4.69, 9.17) is 5.21 Å². The molecule has 1 saturated heterocycles. The van der Waals surface area contributed by atoms with E-state index in [1.807, 2.05) is 29.2 Å². The number of nitrogens with zero attached hydrogens (tertiary/aromatic N) is 2. The molecule has 0 aromatic heterocycles. The summed E-state index contributed by atoms with van der Waals surface area (Å²) in [5.74, 6) is -0.876. The number of rotatable bonds is 5. The fraction of sp³-hybridized carbons (Fsp3) is 0.238. The Bertz CT molecular complexity index is 859. The first-order chi connectivity index (χ1) is 13.6. The van der Waals surface area contributed by atoms with Gasteiger partial charge in [-0.2, -0.15) is 0 Å². The molecule has 28 heavy (non-hydrogen) atoms. The van der Waals surface area contributed by atoms with Gasteiger partial charge in [-0.25, -0.2) is 9.87 Å². The molecule has 6 nitrogen and oxygen atoms in total. The largest absolute Gasteiger partial charge is 0.367 e. The highest BCUT2D eigenvalue weighted by Gasteiger charge is 2.22. The molecule has 0 atom stereocenters. The first-order valence-corrected chi connectivity index (χ1v) is 9.05. The number of para-hydroxylation sites is 1. The highest BCUT2D eigenvalue weighted by atomic mass is 19.1. The van der Waals surface area contributed by atoms with Gasteiger partial charge in [-0.15, -0.1) is 0 Å². The summed E-state index contributed by atoms with van der Waals surface area (Å²) in [4.78, 5) is 27.7. The topological polar surface area (TPSA) is 72.9 Å². The lowest BCUT2D eigenvalue weighted by atomic mass is 10.1. The lowest BCUT2D eigenvalue weighted by Gasteiger charge is -2.37. The van der Waals surface area contributed by atoms with E-state index < -0.39 is 5.91 Å². The highest BCUT2D eigenvalue weighted by Crippen LogP contribution is 2.23. The molecular weight excluding hydrogens is 361 g/mol. The molecule has 0 spiro atoms. The van der Waals surface area contributed by atoms with Crippen molar-refractivity contribution in [1.29, 1.82) is 0 Å². The predicted molar refractivity (Wildman–Crippen MR) is 104 cm³/mol. The fourth-order valence-corrected chi connectivity index (χ4v) is 3.20. The van der Waals surface area contributed by atoms with Crippen molar-refractivity contribution in [3.05, 3.63) is 71.6 Å². The Morgan fingerprint density at radius 3 is 2.39 bits per heavy atom. The lowest BCUT2D eigenvalue weighted by molar-refractivity contribution is -0.130. The summed E-state index contributed by atoms with van der Waals surface area (Å²) in [7, 11) is 0. The Kier molecular flexibility index (Phi) is 6.39. The molecule has 1 aliphatic heterocycles. The number of nitrogens with one attached hydrogen (secondary N) is 1. The summed E-state index contributed by atoms with van der Waals surface area (Å²) in [5.41, 5.74) is 4.20. The van der Waals surface area contributed by atoms with Crippen LogP contribution in [0.2, 0.25) is 0 Å². The van der Waals surface area contributed by atoms with Crippen molar-refractivity contribution in [2.75, 3.05) is 31.1 Å². The second-order valence-electron chi connectivity index (χ2n) is 6.54. The number of anilines is 1. The monoisotopic (exact) mass is 383 g/mol. The third-order valence-electron chi connectivity index (χ3n) is 4.70. The van der Waals surface area contributed by atoms with Crippen molar-refractivity contribution in [3.8, 4) is 0 Å². The predicted octanol–water partition coefficient (Wildman–Crippen LogP) is 2.24. The first kappa shape index (κ1) is 19.6. The number of hydrogen-bond acceptors (Lipinski definition) is 4. The SMILES string of the molecule is O=C(/C=C/c1ccccc1N1CCN(C(=O)Cc2ccc(F)cc2)CC1)NO. The van der Waals surface area contributed by atoms with Crippen LogP contribution in [0.3, 0.4) is 0 Å². The Hall–Kier alpha value is -3.19. The van der Waals surface area contributed by atoms with Crippen LogP contribution in [-0.2, 0) is 16.0 Å². The lowest BCUT2D eigenvalue weighted by Crippen LogP contribution is -2.49. The second kappa shape index (κ2) is 9.14. The molecule has 0 bridgehead atoms. The van der Waals surface area contributed by atoms with Gasteiger partial charge >= 0.3 is 0 Å². The summed E-state index contributed by atoms with van der Waals surface area (Å²) in [6, 6.07) is 13.6. The minimum absolute atomic E-state index is 0.0269. The molecule has 2 N–H and O–H groups in total. The number of amides is 2. The van der Waals surface area contributed by atoms with Crippen molar-refractivity contribution in [1.82, 2.24) is 10.4 Å². The third-order valence-corrected chi connectivity index (χ3v) is 4.70. The Balaban J connectivity index is 1.61. The molecule has 0 unspecified atom stereocenters. The van der Waals surface area contributed by atoms with E-state index >= 15 is 0 Å². The summed E-state index contributed by atoms with van der Waals surface area (Å²) in [6.45, 7) is 2.53. The number of carbonyl (C=O) groups excluding carboxylic acids is 2. The number of benzene rings is 2. The number of carbonyl (C=O) groups is 2. The molecule has 146 valence electrons. The van der Waals surface area contributed by atoms with Gasteiger partial charge < -0.3 is 9.80 Å². The van der Waals surface area contributed by atoms with E-state index in [1.54, 1.807) is 23.7 Å². The molecular formula is C21H22FN3O3. The van der Waals surface area contributed by atoms with Gasteiger partial charge in [-0.1, -0.05) is 30.3 Å². The van der Waals surface area contributed by atoms with Crippen molar-refractivity contribution < 1.29 is 19.2 Å². The Morgan fingerprint density at radius 2 is 1.71 bits per heavy atom. The van der Waals surface area contributed by atoms with Gasteiger partial charge in [0.25, 0.3) is 5.91 Å². The van der Waals surface area contributed by atoms with Gasteiger partial charge in [-0.05, 0) is 35.4 Å². The zero-order valence-electron chi connectivity index (χ0n) is 15.3. The average Bonchev–Trinajstić information content (AvgIpc) is 2.74. The normalized spacial score (nSPS) is 14.4. The second-order valence-corrected chi connectivity index (χ2v) is 6.54. The number of hydrogen-bond donors (Lipinski definition) is 2. The Labute approximate surface area is 162 Å². The van der Waals surface area contributed by atoms with Crippen LogP contribution in [0, 0.1) is 5.82 Å². The van der Waals surface area contributed by atoms with Crippen molar-refractivity contribution in [3.63, 3.8) is 0 Å². The molecule has 1 aliphatic rings. The van der Waals surface area contributed by atoms with Crippen LogP contribution in [0.25, 0.3) is 6.08 Å². The van der Waals surface area contributed by atoms with Gasteiger partial charge in [-0.3, -0.25) is 14.8 Å².